The highest BCUT2D eigenvalue weighted by Gasteiger charge is 2.53. The maximum Gasteiger partial charge on any atom is 0.0487 e. The van der Waals surface area contributed by atoms with E-state index in [1.807, 2.05) is 0 Å². The van der Waals surface area contributed by atoms with Crippen molar-refractivity contribution in [1.29, 1.82) is 0 Å². The Labute approximate surface area is 99.4 Å². The molecule has 94 valence electrons. The van der Waals surface area contributed by atoms with E-state index in [0.717, 1.165) is 37.4 Å². The number of hydrogen-bond acceptors (Lipinski definition) is 2. The number of ether oxygens (including phenoxy) is 1. The molecule has 0 spiro atoms. The third kappa shape index (κ3) is 2.28. The van der Waals surface area contributed by atoms with Crippen molar-refractivity contribution in [2.45, 2.75) is 46.0 Å². The molecule has 3 atom stereocenters. The van der Waals surface area contributed by atoms with Gasteiger partial charge in [0.2, 0.25) is 0 Å². The summed E-state index contributed by atoms with van der Waals surface area (Å²) in [5.74, 6) is 2.85. The molecule has 0 aromatic heterocycles. The third-order valence-electron chi connectivity index (χ3n) is 5.08. The van der Waals surface area contributed by atoms with E-state index in [9.17, 15) is 0 Å². The van der Waals surface area contributed by atoms with Crippen molar-refractivity contribution in [3.63, 3.8) is 0 Å². The van der Waals surface area contributed by atoms with Crippen LogP contribution in [0.15, 0.2) is 0 Å². The number of hydrogen-bond donors (Lipinski definition) is 1. The molecule has 16 heavy (non-hydrogen) atoms. The van der Waals surface area contributed by atoms with Crippen LogP contribution in [0.5, 0.6) is 0 Å². The minimum atomic E-state index is 0.251. The Morgan fingerprint density at radius 3 is 2.69 bits per heavy atom. The molecule has 0 unspecified atom stereocenters. The first-order valence-corrected chi connectivity index (χ1v) is 6.85. The van der Waals surface area contributed by atoms with Gasteiger partial charge >= 0.3 is 0 Å². The van der Waals surface area contributed by atoms with Gasteiger partial charge in [0.1, 0.15) is 0 Å². The average Bonchev–Trinajstić information content (AvgIpc) is 2.29. The van der Waals surface area contributed by atoms with Gasteiger partial charge in [0.15, 0.2) is 0 Å². The Balaban J connectivity index is 1.66. The van der Waals surface area contributed by atoms with E-state index in [0.29, 0.717) is 5.41 Å². The SMILES string of the molecule is CC1(C)[C@H]2CC[C@@H](CCOCCCO)[C@@H]1C2. The van der Waals surface area contributed by atoms with E-state index in [4.69, 9.17) is 9.84 Å². The van der Waals surface area contributed by atoms with Crippen molar-refractivity contribution in [1.82, 2.24) is 0 Å². The molecule has 0 radical (unpaired) electrons. The van der Waals surface area contributed by atoms with E-state index < -0.39 is 0 Å². The van der Waals surface area contributed by atoms with Crippen molar-refractivity contribution < 1.29 is 9.84 Å². The van der Waals surface area contributed by atoms with Crippen LogP contribution >= 0.6 is 0 Å². The summed E-state index contributed by atoms with van der Waals surface area (Å²) in [4.78, 5) is 0. The lowest BCUT2D eigenvalue weighted by atomic mass is 9.45. The molecule has 0 saturated heterocycles. The summed E-state index contributed by atoms with van der Waals surface area (Å²) < 4.78 is 5.55. The van der Waals surface area contributed by atoms with Crippen LogP contribution in [0.3, 0.4) is 0 Å². The summed E-state index contributed by atoms with van der Waals surface area (Å²) in [6.45, 7) is 6.76. The molecule has 3 aliphatic rings. The molecular formula is C14H26O2. The van der Waals surface area contributed by atoms with Crippen molar-refractivity contribution in [3.8, 4) is 0 Å². The Morgan fingerprint density at radius 2 is 2.06 bits per heavy atom. The first kappa shape index (κ1) is 12.4. The molecule has 3 aliphatic carbocycles. The van der Waals surface area contributed by atoms with Gasteiger partial charge < -0.3 is 9.84 Å². The van der Waals surface area contributed by atoms with Crippen LogP contribution in [0.25, 0.3) is 0 Å². The molecule has 1 N–H and O–H groups in total. The third-order valence-corrected chi connectivity index (χ3v) is 5.08. The number of aliphatic hydroxyl groups excluding tert-OH is 1. The molecule has 0 amide bonds. The van der Waals surface area contributed by atoms with Crippen LogP contribution in [-0.2, 0) is 4.74 Å². The first-order valence-electron chi connectivity index (χ1n) is 6.85. The molecule has 3 saturated carbocycles. The quantitative estimate of drug-likeness (QED) is 0.706. The normalized spacial score (nSPS) is 35.8. The fourth-order valence-corrected chi connectivity index (χ4v) is 3.81. The maximum atomic E-state index is 8.65. The zero-order chi connectivity index (χ0) is 11.6. The van der Waals surface area contributed by atoms with Gasteiger partial charge in [0.25, 0.3) is 0 Å². The zero-order valence-electron chi connectivity index (χ0n) is 10.7. The predicted molar refractivity (Wildman–Crippen MR) is 65.2 cm³/mol. The van der Waals surface area contributed by atoms with Gasteiger partial charge in [-0.1, -0.05) is 13.8 Å². The van der Waals surface area contributed by atoms with Crippen LogP contribution in [-0.4, -0.2) is 24.9 Å². The van der Waals surface area contributed by atoms with E-state index in [2.05, 4.69) is 13.8 Å². The minimum Gasteiger partial charge on any atom is -0.396 e. The van der Waals surface area contributed by atoms with Crippen LogP contribution < -0.4 is 0 Å². The second kappa shape index (κ2) is 5.05. The summed E-state index contributed by atoms with van der Waals surface area (Å²) >= 11 is 0. The molecule has 2 heteroatoms. The van der Waals surface area contributed by atoms with E-state index in [1.165, 1.54) is 25.7 Å². The summed E-state index contributed by atoms with van der Waals surface area (Å²) in [6.07, 6.45) is 6.33. The fourth-order valence-electron chi connectivity index (χ4n) is 3.81. The van der Waals surface area contributed by atoms with Gasteiger partial charge in [-0.2, -0.15) is 0 Å². The van der Waals surface area contributed by atoms with Crippen LogP contribution in [0.1, 0.15) is 46.0 Å². The smallest absolute Gasteiger partial charge is 0.0487 e. The Morgan fingerprint density at radius 1 is 1.25 bits per heavy atom. The largest absolute Gasteiger partial charge is 0.396 e. The van der Waals surface area contributed by atoms with E-state index in [-0.39, 0.29) is 6.61 Å². The zero-order valence-corrected chi connectivity index (χ0v) is 10.7. The molecule has 3 fully saturated rings. The average molecular weight is 226 g/mol. The standard InChI is InChI=1S/C14H26O2/c1-14(2)12-5-4-11(13(14)10-12)6-9-16-8-3-7-15/h11-13,15H,3-10H2,1-2H3/t11-,12-,13-/m0/s1. The second-order valence-corrected chi connectivity index (χ2v) is 6.18. The molecule has 0 aromatic rings. The summed E-state index contributed by atoms with van der Waals surface area (Å²) in [7, 11) is 0. The Kier molecular flexibility index (Phi) is 3.91. The van der Waals surface area contributed by atoms with Gasteiger partial charge in [-0.25, -0.2) is 0 Å². The topological polar surface area (TPSA) is 29.5 Å². The number of fused-ring (bicyclic) bond motifs is 2. The molecule has 0 aliphatic heterocycles. The lowest BCUT2D eigenvalue weighted by molar-refractivity contribution is -0.111. The molecule has 0 aromatic carbocycles. The Hall–Kier alpha value is -0.0800. The highest BCUT2D eigenvalue weighted by atomic mass is 16.5. The van der Waals surface area contributed by atoms with Crippen molar-refractivity contribution in [3.05, 3.63) is 0 Å². The molecule has 0 heterocycles. The fraction of sp³-hybridized carbons (Fsp3) is 1.00. The van der Waals surface area contributed by atoms with Crippen molar-refractivity contribution in [2.24, 2.45) is 23.2 Å². The maximum absolute atomic E-state index is 8.65. The molecule has 3 rings (SSSR count). The predicted octanol–water partition coefficient (Wildman–Crippen LogP) is 2.85. The van der Waals surface area contributed by atoms with Crippen LogP contribution in [0.2, 0.25) is 0 Å². The highest BCUT2D eigenvalue weighted by Crippen LogP contribution is 2.61. The summed E-state index contributed by atoms with van der Waals surface area (Å²) in [6, 6.07) is 0. The molecule has 2 nitrogen and oxygen atoms in total. The van der Waals surface area contributed by atoms with Gasteiger partial charge in [0.05, 0.1) is 0 Å². The highest BCUT2D eigenvalue weighted by molar-refractivity contribution is 5.02. The molecule has 2 bridgehead atoms. The number of aliphatic hydroxyl groups is 1. The van der Waals surface area contributed by atoms with Crippen molar-refractivity contribution >= 4 is 0 Å². The lowest BCUT2D eigenvalue weighted by Gasteiger charge is -2.60. The van der Waals surface area contributed by atoms with Gasteiger partial charge in [-0.3, -0.25) is 0 Å². The Bertz CT molecular complexity index is 223. The van der Waals surface area contributed by atoms with Crippen LogP contribution in [0.4, 0.5) is 0 Å². The first-order chi connectivity index (χ1) is 7.66. The molecular weight excluding hydrogens is 200 g/mol. The van der Waals surface area contributed by atoms with E-state index >= 15 is 0 Å². The van der Waals surface area contributed by atoms with Gasteiger partial charge in [-0.15, -0.1) is 0 Å². The summed E-state index contributed by atoms with van der Waals surface area (Å²) in [5, 5.41) is 8.65. The second-order valence-electron chi connectivity index (χ2n) is 6.18. The van der Waals surface area contributed by atoms with E-state index in [1.54, 1.807) is 0 Å². The minimum absolute atomic E-state index is 0.251. The lowest BCUT2D eigenvalue weighted by Crippen LogP contribution is -2.52. The monoisotopic (exact) mass is 226 g/mol. The number of rotatable bonds is 6. The summed E-state index contributed by atoms with van der Waals surface area (Å²) in [5.41, 5.74) is 0.605. The van der Waals surface area contributed by atoms with Gasteiger partial charge in [0, 0.05) is 19.8 Å². The van der Waals surface area contributed by atoms with Gasteiger partial charge in [-0.05, 0) is 55.3 Å². The van der Waals surface area contributed by atoms with Crippen LogP contribution in [0, 0.1) is 23.2 Å². The van der Waals surface area contributed by atoms with Crippen molar-refractivity contribution in [2.75, 3.05) is 19.8 Å².